The van der Waals surface area contributed by atoms with Crippen LogP contribution in [0.5, 0.6) is 5.75 Å². The maximum atomic E-state index is 12.7. The summed E-state index contributed by atoms with van der Waals surface area (Å²) in [6.07, 6.45) is 1.76. The molecule has 0 spiro atoms. The number of amides is 2. The molecule has 8 heteroatoms. The van der Waals surface area contributed by atoms with Crippen LogP contribution >= 0.6 is 0 Å². The molecule has 1 aromatic heterocycles. The molecule has 8 nitrogen and oxygen atoms in total. The van der Waals surface area contributed by atoms with Gasteiger partial charge in [0.15, 0.2) is 0 Å². The summed E-state index contributed by atoms with van der Waals surface area (Å²) < 4.78 is 7.46. The molecule has 2 aromatic rings. The van der Waals surface area contributed by atoms with Crippen LogP contribution in [0.1, 0.15) is 38.1 Å². The highest BCUT2D eigenvalue weighted by atomic mass is 16.5. The second-order valence-corrected chi connectivity index (χ2v) is 8.00. The van der Waals surface area contributed by atoms with Crippen molar-refractivity contribution in [2.24, 2.45) is 7.05 Å². The van der Waals surface area contributed by atoms with E-state index in [1.165, 1.54) is 0 Å². The average molecular weight is 414 g/mol. The average Bonchev–Trinajstić information content (AvgIpc) is 3.00. The summed E-state index contributed by atoms with van der Waals surface area (Å²) in [4.78, 5) is 28.6. The Morgan fingerprint density at radius 3 is 2.50 bits per heavy atom. The first-order chi connectivity index (χ1) is 14.2. The number of piperazine rings is 1. The van der Waals surface area contributed by atoms with Crippen LogP contribution in [0.25, 0.3) is 0 Å². The minimum Gasteiger partial charge on any atom is -0.491 e. The van der Waals surface area contributed by atoms with Crippen molar-refractivity contribution in [3.05, 3.63) is 41.7 Å². The smallest absolute Gasteiger partial charge is 0.238 e. The first-order valence-electron chi connectivity index (χ1n) is 10.3. The van der Waals surface area contributed by atoms with E-state index in [0.29, 0.717) is 19.6 Å². The third-order valence-corrected chi connectivity index (χ3v) is 5.43. The molecule has 0 aliphatic carbocycles. The molecule has 0 saturated carbocycles. The van der Waals surface area contributed by atoms with Gasteiger partial charge in [-0.3, -0.25) is 19.2 Å². The standard InChI is InChI=1S/C22H31N5O3/c1-15(2)30-19-8-6-18(7-9-19)21-13-26(17(4)28)10-11-27(21)14-22(29)24-20-12-23-25(5)16(20)3/h6-9,12,15,21H,10-11,13-14H2,1-5H3,(H,24,29). The van der Waals surface area contributed by atoms with Crippen molar-refractivity contribution in [3.63, 3.8) is 0 Å². The molecule has 2 amide bonds. The maximum Gasteiger partial charge on any atom is 0.238 e. The minimum atomic E-state index is -0.0906. The molecule has 1 aliphatic rings. The highest BCUT2D eigenvalue weighted by Gasteiger charge is 2.30. The van der Waals surface area contributed by atoms with Gasteiger partial charge in [0.05, 0.1) is 36.3 Å². The number of nitrogens with one attached hydrogen (secondary N) is 1. The number of benzene rings is 1. The van der Waals surface area contributed by atoms with Gasteiger partial charge in [0.2, 0.25) is 11.8 Å². The molecule has 30 heavy (non-hydrogen) atoms. The van der Waals surface area contributed by atoms with Gasteiger partial charge in [0.25, 0.3) is 0 Å². The second-order valence-electron chi connectivity index (χ2n) is 8.00. The van der Waals surface area contributed by atoms with Crippen molar-refractivity contribution < 1.29 is 14.3 Å². The number of ether oxygens (including phenoxy) is 1. The predicted octanol–water partition coefficient (Wildman–Crippen LogP) is 2.36. The fourth-order valence-electron chi connectivity index (χ4n) is 3.65. The van der Waals surface area contributed by atoms with Gasteiger partial charge in [-0.25, -0.2) is 0 Å². The van der Waals surface area contributed by atoms with Gasteiger partial charge in [-0.1, -0.05) is 12.1 Å². The van der Waals surface area contributed by atoms with Crippen LogP contribution in [0, 0.1) is 6.92 Å². The number of carbonyl (C=O) groups excluding carboxylic acids is 2. The quantitative estimate of drug-likeness (QED) is 0.786. The van der Waals surface area contributed by atoms with Crippen LogP contribution in [-0.4, -0.2) is 63.7 Å². The summed E-state index contributed by atoms with van der Waals surface area (Å²) in [6.45, 7) is 9.53. The summed E-state index contributed by atoms with van der Waals surface area (Å²) >= 11 is 0. The van der Waals surface area contributed by atoms with Gasteiger partial charge in [-0.05, 0) is 38.5 Å². The van der Waals surface area contributed by atoms with E-state index in [4.69, 9.17) is 4.74 Å². The van der Waals surface area contributed by atoms with Gasteiger partial charge in [0, 0.05) is 33.6 Å². The highest BCUT2D eigenvalue weighted by Crippen LogP contribution is 2.27. The maximum absolute atomic E-state index is 12.7. The Morgan fingerprint density at radius 1 is 1.23 bits per heavy atom. The van der Waals surface area contributed by atoms with Gasteiger partial charge in [-0.2, -0.15) is 5.10 Å². The number of aryl methyl sites for hydroxylation is 1. The summed E-state index contributed by atoms with van der Waals surface area (Å²) in [7, 11) is 1.84. The zero-order valence-corrected chi connectivity index (χ0v) is 18.4. The first kappa shape index (κ1) is 21.8. The largest absolute Gasteiger partial charge is 0.491 e. The Labute approximate surface area is 177 Å². The lowest BCUT2D eigenvalue weighted by Gasteiger charge is -2.41. The van der Waals surface area contributed by atoms with Gasteiger partial charge < -0.3 is 15.0 Å². The van der Waals surface area contributed by atoms with Gasteiger partial charge in [0.1, 0.15) is 5.75 Å². The second kappa shape index (κ2) is 9.30. The highest BCUT2D eigenvalue weighted by molar-refractivity contribution is 5.92. The Bertz CT molecular complexity index is 891. The van der Waals surface area contributed by atoms with Crippen LogP contribution in [-0.2, 0) is 16.6 Å². The van der Waals surface area contributed by atoms with Crippen LogP contribution in [0.15, 0.2) is 30.5 Å². The Balaban J connectivity index is 1.74. The van der Waals surface area contributed by atoms with E-state index in [0.717, 1.165) is 22.7 Å². The number of aromatic nitrogens is 2. The molecule has 0 bridgehead atoms. The Kier molecular flexibility index (Phi) is 6.77. The molecule has 1 aliphatic heterocycles. The molecular weight excluding hydrogens is 382 g/mol. The fourth-order valence-corrected chi connectivity index (χ4v) is 3.65. The third-order valence-electron chi connectivity index (χ3n) is 5.43. The lowest BCUT2D eigenvalue weighted by atomic mass is 10.0. The number of nitrogens with zero attached hydrogens (tertiary/aromatic N) is 4. The molecule has 0 radical (unpaired) electrons. The van der Waals surface area contributed by atoms with Gasteiger partial charge >= 0.3 is 0 Å². The summed E-state index contributed by atoms with van der Waals surface area (Å²) in [5, 5.41) is 7.12. The third kappa shape index (κ3) is 5.18. The normalized spacial score (nSPS) is 17.3. The predicted molar refractivity (Wildman–Crippen MR) is 115 cm³/mol. The van der Waals surface area contributed by atoms with E-state index < -0.39 is 0 Å². The number of rotatable bonds is 6. The Morgan fingerprint density at radius 2 is 1.93 bits per heavy atom. The molecule has 1 saturated heterocycles. The zero-order valence-electron chi connectivity index (χ0n) is 18.4. The van der Waals surface area contributed by atoms with Crippen molar-refractivity contribution in [1.29, 1.82) is 0 Å². The molecule has 162 valence electrons. The molecular formula is C22H31N5O3. The summed E-state index contributed by atoms with van der Waals surface area (Å²) in [5.41, 5.74) is 2.68. The van der Waals surface area contributed by atoms with E-state index in [-0.39, 0.29) is 30.5 Å². The van der Waals surface area contributed by atoms with Gasteiger partial charge in [-0.15, -0.1) is 0 Å². The molecule has 1 N–H and O–H groups in total. The lowest BCUT2D eigenvalue weighted by molar-refractivity contribution is -0.132. The number of hydrogen-bond donors (Lipinski definition) is 1. The molecule has 1 atom stereocenters. The molecule has 1 aromatic carbocycles. The van der Waals surface area contributed by atoms with Crippen LogP contribution in [0.2, 0.25) is 0 Å². The van der Waals surface area contributed by atoms with Crippen molar-refractivity contribution in [1.82, 2.24) is 19.6 Å². The Hall–Kier alpha value is -2.87. The SMILES string of the molecule is CC(=O)N1CCN(CC(=O)Nc2cnn(C)c2C)C(c2ccc(OC(C)C)cc2)C1. The fraction of sp³-hybridized carbons (Fsp3) is 0.500. The molecule has 1 unspecified atom stereocenters. The molecule has 1 fully saturated rings. The van der Waals surface area contributed by atoms with E-state index in [1.54, 1.807) is 17.8 Å². The topological polar surface area (TPSA) is 79.7 Å². The lowest BCUT2D eigenvalue weighted by Crippen LogP contribution is -2.51. The van der Waals surface area contributed by atoms with Crippen molar-refractivity contribution in [3.8, 4) is 5.75 Å². The van der Waals surface area contributed by atoms with Crippen molar-refractivity contribution in [2.75, 3.05) is 31.5 Å². The van der Waals surface area contributed by atoms with Crippen LogP contribution < -0.4 is 10.1 Å². The van der Waals surface area contributed by atoms with Crippen molar-refractivity contribution >= 4 is 17.5 Å². The number of carbonyl (C=O) groups is 2. The minimum absolute atomic E-state index is 0.0508. The monoisotopic (exact) mass is 413 g/mol. The van der Waals surface area contributed by atoms with E-state index in [9.17, 15) is 9.59 Å². The van der Waals surface area contributed by atoms with Crippen LogP contribution in [0.4, 0.5) is 5.69 Å². The number of hydrogen-bond acceptors (Lipinski definition) is 5. The molecule has 3 rings (SSSR count). The molecule has 2 heterocycles. The van der Waals surface area contributed by atoms with Crippen molar-refractivity contribution in [2.45, 2.75) is 39.8 Å². The van der Waals surface area contributed by atoms with E-state index in [2.05, 4.69) is 15.3 Å². The summed E-state index contributed by atoms with van der Waals surface area (Å²) in [6, 6.07) is 7.86. The van der Waals surface area contributed by atoms with E-state index >= 15 is 0 Å². The number of anilines is 1. The van der Waals surface area contributed by atoms with Crippen LogP contribution in [0.3, 0.4) is 0 Å². The summed E-state index contributed by atoms with van der Waals surface area (Å²) in [5.74, 6) is 0.770. The first-order valence-corrected chi connectivity index (χ1v) is 10.3. The van der Waals surface area contributed by atoms with E-state index in [1.807, 2.05) is 57.0 Å². The zero-order chi connectivity index (χ0) is 21.8.